The van der Waals surface area contributed by atoms with Crippen molar-refractivity contribution in [3.63, 3.8) is 0 Å². The Bertz CT molecular complexity index is 404. The quantitative estimate of drug-likeness (QED) is 0.748. The van der Waals surface area contributed by atoms with Crippen LogP contribution in [0.2, 0.25) is 0 Å². The molecule has 5 heteroatoms. The Kier molecular flexibility index (Phi) is 5.00. The van der Waals surface area contributed by atoms with Crippen LogP contribution in [-0.2, 0) is 9.59 Å². The summed E-state index contributed by atoms with van der Waals surface area (Å²) in [6.07, 6.45) is 0.196. The monoisotopic (exact) mass is 236 g/mol. The Balaban J connectivity index is 2.23. The molecule has 0 atom stereocenters. The van der Waals surface area contributed by atoms with Gasteiger partial charge in [-0.15, -0.1) is 0 Å². The summed E-state index contributed by atoms with van der Waals surface area (Å²) in [5.41, 5.74) is 5.99. The van der Waals surface area contributed by atoms with Gasteiger partial charge in [-0.25, -0.2) is 0 Å². The van der Waals surface area contributed by atoms with Crippen molar-refractivity contribution in [1.29, 1.82) is 0 Å². The van der Waals surface area contributed by atoms with Gasteiger partial charge in [-0.2, -0.15) is 0 Å². The smallest absolute Gasteiger partial charge is 0.236 e. The number of benzene rings is 1. The lowest BCUT2D eigenvalue weighted by Gasteiger charge is -2.06. The minimum atomic E-state index is -0.557. The van der Waals surface area contributed by atoms with Crippen molar-refractivity contribution < 1.29 is 14.3 Å². The highest BCUT2D eigenvalue weighted by Gasteiger charge is 2.03. The molecule has 0 heterocycles. The molecule has 1 rings (SSSR count). The van der Waals surface area contributed by atoms with Crippen molar-refractivity contribution in [3.05, 3.63) is 29.8 Å². The van der Waals surface area contributed by atoms with Crippen LogP contribution in [0.25, 0.3) is 0 Å². The standard InChI is InChI=1S/C12H16N2O3/c1-9-3-2-4-10(7-9)17-6-5-12(16)14-8-11(13)15/h2-4,7H,5-6,8H2,1H3,(H2,13,15)(H,14,16). The average molecular weight is 236 g/mol. The Labute approximate surface area is 99.9 Å². The third-order valence-corrected chi connectivity index (χ3v) is 2.05. The normalized spacial score (nSPS) is 9.71. The number of hydrogen-bond donors (Lipinski definition) is 2. The zero-order chi connectivity index (χ0) is 12.7. The van der Waals surface area contributed by atoms with Crippen molar-refractivity contribution in [2.45, 2.75) is 13.3 Å². The number of amides is 2. The van der Waals surface area contributed by atoms with E-state index in [0.717, 1.165) is 11.3 Å². The van der Waals surface area contributed by atoms with Crippen LogP contribution < -0.4 is 15.8 Å². The average Bonchev–Trinajstić information content (AvgIpc) is 2.26. The predicted molar refractivity (Wildman–Crippen MR) is 63.5 cm³/mol. The fourth-order valence-electron chi connectivity index (χ4n) is 1.24. The van der Waals surface area contributed by atoms with Crippen molar-refractivity contribution in [2.75, 3.05) is 13.2 Å². The van der Waals surface area contributed by atoms with Crippen molar-refractivity contribution in [2.24, 2.45) is 5.73 Å². The summed E-state index contributed by atoms with van der Waals surface area (Å²) < 4.78 is 5.39. The summed E-state index contributed by atoms with van der Waals surface area (Å²) >= 11 is 0. The maximum Gasteiger partial charge on any atom is 0.236 e. The van der Waals surface area contributed by atoms with Crippen LogP contribution in [0.1, 0.15) is 12.0 Å². The summed E-state index contributed by atoms with van der Waals surface area (Å²) in [5, 5.41) is 2.39. The molecular weight excluding hydrogens is 220 g/mol. The molecule has 1 aromatic carbocycles. The van der Waals surface area contributed by atoms with E-state index in [1.54, 1.807) is 0 Å². The summed E-state index contributed by atoms with van der Waals surface area (Å²) in [4.78, 5) is 21.6. The van der Waals surface area contributed by atoms with Crippen molar-refractivity contribution in [1.82, 2.24) is 5.32 Å². The maximum absolute atomic E-state index is 11.2. The van der Waals surface area contributed by atoms with E-state index in [1.807, 2.05) is 31.2 Å². The van der Waals surface area contributed by atoms with Crippen LogP contribution in [0.3, 0.4) is 0 Å². The highest BCUT2D eigenvalue weighted by atomic mass is 16.5. The van der Waals surface area contributed by atoms with Gasteiger partial charge in [-0.3, -0.25) is 9.59 Å². The van der Waals surface area contributed by atoms with Crippen LogP contribution in [0.5, 0.6) is 5.75 Å². The number of carbonyl (C=O) groups is 2. The largest absolute Gasteiger partial charge is 0.493 e. The van der Waals surface area contributed by atoms with E-state index in [9.17, 15) is 9.59 Å². The van der Waals surface area contributed by atoms with Crippen molar-refractivity contribution >= 4 is 11.8 Å². The molecule has 1 aromatic rings. The van der Waals surface area contributed by atoms with E-state index >= 15 is 0 Å². The molecule has 0 saturated carbocycles. The van der Waals surface area contributed by atoms with Gasteiger partial charge >= 0.3 is 0 Å². The van der Waals surface area contributed by atoms with Crippen LogP contribution in [0.4, 0.5) is 0 Å². The predicted octanol–water partition coefficient (Wildman–Crippen LogP) is 0.365. The first-order chi connectivity index (χ1) is 8.08. The number of nitrogens with two attached hydrogens (primary N) is 1. The molecular formula is C12H16N2O3. The Morgan fingerprint density at radius 1 is 1.41 bits per heavy atom. The molecule has 0 unspecified atom stereocenters. The molecule has 0 aliphatic carbocycles. The second-order valence-electron chi connectivity index (χ2n) is 3.66. The molecule has 2 amide bonds. The summed E-state index contributed by atoms with van der Waals surface area (Å²) in [6.45, 7) is 2.10. The van der Waals surface area contributed by atoms with Gasteiger partial charge in [-0.1, -0.05) is 12.1 Å². The Hall–Kier alpha value is -2.04. The minimum Gasteiger partial charge on any atom is -0.493 e. The van der Waals surface area contributed by atoms with Gasteiger partial charge in [0.1, 0.15) is 5.75 Å². The van der Waals surface area contributed by atoms with Crippen LogP contribution in [-0.4, -0.2) is 25.0 Å². The second kappa shape index (κ2) is 6.52. The highest BCUT2D eigenvalue weighted by Crippen LogP contribution is 2.12. The molecule has 5 nitrogen and oxygen atoms in total. The lowest BCUT2D eigenvalue weighted by Crippen LogP contribution is -2.33. The fourth-order valence-corrected chi connectivity index (χ4v) is 1.24. The molecule has 0 aliphatic rings. The lowest BCUT2D eigenvalue weighted by molar-refractivity contribution is -0.125. The second-order valence-corrected chi connectivity index (χ2v) is 3.66. The van der Waals surface area contributed by atoms with Gasteiger partial charge in [0, 0.05) is 0 Å². The highest BCUT2D eigenvalue weighted by molar-refractivity contribution is 5.83. The van der Waals surface area contributed by atoms with E-state index in [1.165, 1.54) is 0 Å². The van der Waals surface area contributed by atoms with Crippen molar-refractivity contribution in [3.8, 4) is 5.75 Å². The van der Waals surface area contributed by atoms with E-state index in [-0.39, 0.29) is 25.5 Å². The molecule has 0 aliphatic heterocycles. The molecule has 92 valence electrons. The van der Waals surface area contributed by atoms with Crippen LogP contribution in [0.15, 0.2) is 24.3 Å². The number of primary amides is 1. The fraction of sp³-hybridized carbons (Fsp3) is 0.333. The van der Waals surface area contributed by atoms with Gasteiger partial charge in [0.15, 0.2) is 0 Å². The molecule has 3 N–H and O–H groups in total. The minimum absolute atomic E-state index is 0.136. The maximum atomic E-state index is 11.2. The molecule has 0 aromatic heterocycles. The van der Waals surface area contributed by atoms with Gasteiger partial charge in [0.05, 0.1) is 19.6 Å². The molecule has 0 bridgehead atoms. The number of hydrogen-bond acceptors (Lipinski definition) is 3. The zero-order valence-corrected chi connectivity index (χ0v) is 9.73. The third-order valence-electron chi connectivity index (χ3n) is 2.05. The number of aryl methyl sites for hydroxylation is 1. The van der Waals surface area contributed by atoms with E-state index in [0.29, 0.717) is 0 Å². The van der Waals surface area contributed by atoms with Gasteiger partial charge in [0.2, 0.25) is 11.8 Å². The molecule has 0 fully saturated rings. The van der Waals surface area contributed by atoms with Crippen LogP contribution in [0, 0.1) is 6.92 Å². The van der Waals surface area contributed by atoms with Gasteiger partial charge < -0.3 is 15.8 Å². The summed E-state index contributed by atoms with van der Waals surface area (Å²) in [6, 6.07) is 7.57. The first kappa shape index (κ1) is 13.0. The van der Waals surface area contributed by atoms with E-state index in [4.69, 9.17) is 10.5 Å². The summed E-state index contributed by atoms with van der Waals surface area (Å²) in [7, 11) is 0. The van der Waals surface area contributed by atoms with Gasteiger partial charge in [-0.05, 0) is 24.6 Å². The summed E-state index contributed by atoms with van der Waals surface area (Å²) in [5.74, 6) is -0.0814. The number of nitrogens with one attached hydrogen (secondary N) is 1. The number of ether oxygens (including phenoxy) is 1. The zero-order valence-electron chi connectivity index (χ0n) is 9.73. The number of rotatable bonds is 6. The molecule has 0 spiro atoms. The first-order valence-electron chi connectivity index (χ1n) is 5.32. The topological polar surface area (TPSA) is 81.4 Å². The number of carbonyl (C=O) groups excluding carboxylic acids is 2. The lowest BCUT2D eigenvalue weighted by atomic mass is 10.2. The van der Waals surface area contributed by atoms with E-state index < -0.39 is 5.91 Å². The molecule has 0 saturated heterocycles. The third kappa shape index (κ3) is 5.55. The Morgan fingerprint density at radius 2 is 2.18 bits per heavy atom. The van der Waals surface area contributed by atoms with E-state index in [2.05, 4.69) is 5.32 Å². The molecule has 17 heavy (non-hydrogen) atoms. The van der Waals surface area contributed by atoms with Crippen LogP contribution >= 0.6 is 0 Å². The van der Waals surface area contributed by atoms with Gasteiger partial charge in [0.25, 0.3) is 0 Å². The first-order valence-corrected chi connectivity index (χ1v) is 5.32. The molecule has 0 radical (unpaired) electrons. The SMILES string of the molecule is Cc1cccc(OCCC(=O)NCC(N)=O)c1. The Morgan fingerprint density at radius 3 is 2.82 bits per heavy atom.